The molecule has 0 saturated heterocycles. The fourth-order valence-electron chi connectivity index (χ4n) is 2.08. The molecule has 0 radical (unpaired) electrons. The lowest BCUT2D eigenvalue weighted by Crippen LogP contribution is -2.38. The number of sulfone groups is 1. The third kappa shape index (κ3) is 2.65. The van der Waals surface area contributed by atoms with E-state index in [9.17, 15) is 8.42 Å². The van der Waals surface area contributed by atoms with Gasteiger partial charge in [-0.05, 0) is 25.5 Å². The Morgan fingerprint density at radius 1 is 1.37 bits per heavy atom. The highest BCUT2D eigenvalue weighted by Crippen LogP contribution is 2.29. The van der Waals surface area contributed by atoms with E-state index in [0.717, 1.165) is 16.5 Å². The van der Waals surface area contributed by atoms with E-state index in [2.05, 4.69) is 5.43 Å². The van der Waals surface area contributed by atoms with Gasteiger partial charge in [0.05, 0.1) is 11.3 Å². The molecule has 3 N–H and O–H groups in total. The zero-order valence-electron chi connectivity index (χ0n) is 11.2. The Morgan fingerprint density at radius 3 is 2.58 bits per heavy atom. The van der Waals surface area contributed by atoms with Gasteiger partial charge in [0.25, 0.3) is 0 Å². The molecule has 0 aliphatic carbocycles. The Bertz CT molecular complexity index is 691. The van der Waals surface area contributed by atoms with Gasteiger partial charge in [-0.1, -0.05) is 18.2 Å². The number of furan rings is 1. The van der Waals surface area contributed by atoms with Gasteiger partial charge in [-0.3, -0.25) is 5.84 Å². The summed E-state index contributed by atoms with van der Waals surface area (Å²) < 4.78 is 29.1. The predicted molar refractivity (Wildman–Crippen MR) is 75.3 cm³/mol. The van der Waals surface area contributed by atoms with Gasteiger partial charge in [0.1, 0.15) is 11.3 Å². The van der Waals surface area contributed by atoms with Crippen LogP contribution in [-0.2, 0) is 9.84 Å². The smallest absolute Gasteiger partial charge is 0.152 e. The van der Waals surface area contributed by atoms with Crippen LogP contribution in [0.1, 0.15) is 24.3 Å². The van der Waals surface area contributed by atoms with Crippen LogP contribution in [0.5, 0.6) is 0 Å². The number of fused-ring (bicyclic) bond motifs is 1. The van der Waals surface area contributed by atoms with E-state index in [1.807, 2.05) is 31.2 Å². The minimum Gasteiger partial charge on any atom is -0.459 e. The molecule has 1 aromatic heterocycles. The van der Waals surface area contributed by atoms with Crippen LogP contribution in [-0.4, -0.2) is 19.9 Å². The Labute approximate surface area is 112 Å². The molecule has 2 aromatic rings. The van der Waals surface area contributed by atoms with Crippen LogP contribution in [0.25, 0.3) is 11.0 Å². The molecule has 6 heteroatoms. The maximum atomic E-state index is 11.6. The van der Waals surface area contributed by atoms with Crippen molar-refractivity contribution < 1.29 is 12.8 Å². The largest absolute Gasteiger partial charge is 0.459 e. The van der Waals surface area contributed by atoms with Crippen LogP contribution >= 0.6 is 0 Å². The van der Waals surface area contributed by atoms with E-state index < -0.39 is 21.1 Å². The summed E-state index contributed by atoms with van der Waals surface area (Å²) in [5.74, 6) is 6.02. The maximum absolute atomic E-state index is 11.6. The zero-order valence-corrected chi connectivity index (χ0v) is 12.0. The van der Waals surface area contributed by atoms with Gasteiger partial charge >= 0.3 is 0 Å². The van der Waals surface area contributed by atoms with Gasteiger partial charge in [-0.2, -0.15) is 0 Å². The molecule has 0 aliphatic heterocycles. The van der Waals surface area contributed by atoms with Crippen LogP contribution in [0, 0.1) is 6.92 Å². The van der Waals surface area contributed by atoms with E-state index in [0.29, 0.717) is 5.76 Å². The number of nitrogens with one attached hydrogen (secondary N) is 1. The van der Waals surface area contributed by atoms with Crippen molar-refractivity contribution in [1.82, 2.24) is 5.43 Å². The second-order valence-corrected chi connectivity index (χ2v) is 7.22. The van der Waals surface area contributed by atoms with Crippen LogP contribution < -0.4 is 11.3 Å². The first-order valence-electron chi connectivity index (χ1n) is 5.98. The van der Waals surface area contributed by atoms with Crippen LogP contribution in [0.4, 0.5) is 0 Å². The third-order valence-electron chi connectivity index (χ3n) is 3.39. The molecule has 104 valence electrons. The van der Waals surface area contributed by atoms with Crippen molar-refractivity contribution in [2.75, 3.05) is 6.26 Å². The molecular weight excluding hydrogens is 264 g/mol. The van der Waals surface area contributed by atoms with E-state index in [-0.39, 0.29) is 0 Å². The average Bonchev–Trinajstić information content (AvgIpc) is 2.74. The van der Waals surface area contributed by atoms with Crippen LogP contribution in [0.2, 0.25) is 0 Å². The molecule has 5 nitrogen and oxygen atoms in total. The maximum Gasteiger partial charge on any atom is 0.152 e. The first kappa shape index (κ1) is 14.0. The summed E-state index contributed by atoms with van der Waals surface area (Å²) in [6.07, 6.45) is 1.19. The normalized spacial score (nSPS) is 15.6. The molecule has 0 bridgehead atoms. The van der Waals surface area contributed by atoms with Crippen molar-refractivity contribution >= 4 is 20.8 Å². The fourth-order valence-corrected chi connectivity index (χ4v) is 2.79. The molecule has 1 heterocycles. The number of nitrogens with two attached hydrogens (primary N) is 1. The number of benzene rings is 1. The highest BCUT2D eigenvalue weighted by atomic mass is 32.2. The van der Waals surface area contributed by atoms with Crippen molar-refractivity contribution in [3.63, 3.8) is 0 Å². The first-order valence-corrected chi connectivity index (χ1v) is 7.94. The molecule has 0 saturated carbocycles. The monoisotopic (exact) mass is 282 g/mol. The van der Waals surface area contributed by atoms with Crippen LogP contribution in [0.15, 0.2) is 28.7 Å². The number of aryl methyl sites for hydroxylation is 1. The van der Waals surface area contributed by atoms with Gasteiger partial charge in [0.2, 0.25) is 0 Å². The van der Waals surface area contributed by atoms with Crippen molar-refractivity contribution in [2.45, 2.75) is 25.1 Å². The lowest BCUT2D eigenvalue weighted by molar-refractivity contribution is 0.423. The molecule has 1 aromatic carbocycles. The molecule has 19 heavy (non-hydrogen) atoms. The molecule has 2 rings (SSSR count). The predicted octanol–water partition coefficient (Wildman–Crippen LogP) is 1.68. The lowest BCUT2D eigenvalue weighted by atomic mass is 10.1. The molecule has 0 fully saturated rings. The highest BCUT2D eigenvalue weighted by Gasteiger charge is 2.29. The second kappa shape index (κ2) is 4.96. The SMILES string of the molecule is Cc1cccc2cc(C(NN)C(C)S(C)(=O)=O)oc12. The summed E-state index contributed by atoms with van der Waals surface area (Å²) in [5.41, 5.74) is 4.30. The minimum atomic E-state index is -3.21. The molecule has 0 aliphatic rings. The van der Waals surface area contributed by atoms with E-state index in [1.165, 1.54) is 6.26 Å². The van der Waals surface area contributed by atoms with E-state index in [1.54, 1.807) is 6.92 Å². The van der Waals surface area contributed by atoms with Gasteiger partial charge < -0.3 is 4.42 Å². The minimum absolute atomic E-state index is 0.532. The summed E-state index contributed by atoms with van der Waals surface area (Å²) in [4.78, 5) is 0. The molecule has 0 spiro atoms. The number of hydrazine groups is 1. The van der Waals surface area contributed by atoms with Gasteiger partial charge in [0.15, 0.2) is 9.84 Å². The summed E-state index contributed by atoms with van der Waals surface area (Å²) >= 11 is 0. The summed E-state index contributed by atoms with van der Waals surface area (Å²) in [7, 11) is -3.21. The molecular formula is C13H18N2O3S. The Morgan fingerprint density at radius 2 is 2.05 bits per heavy atom. The second-order valence-electron chi connectivity index (χ2n) is 4.82. The first-order chi connectivity index (χ1) is 8.84. The average molecular weight is 282 g/mol. The summed E-state index contributed by atoms with van der Waals surface area (Å²) in [6, 6.07) is 7.06. The van der Waals surface area contributed by atoms with Crippen LogP contribution in [0.3, 0.4) is 0 Å². The Kier molecular flexibility index (Phi) is 3.66. The van der Waals surface area contributed by atoms with Crippen molar-refractivity contribution in [3.05, 3.63) is 35.6 Å². The Hall–Kier alpha value is -1.37. The topological polar surface area (TPSA) is 85.3 Å². The standard InChI is InChI=1S/C13H18N2O3S/c1-8-5-4-6-10-7-11(18-13(8)10)12(15-14)9(2)19(3,16)17/h4-7,9,12,15H,14H2,1-3H3. The molecule has 2 atom stereocenters. The number of para-hydroxylation sites is 1. The molecule has 2 unspecified atom stereocenters. The zero-order chi connectivity index (χ0) is 14.2. The number of rotatable bonds is 4. The highest BCUT2D eigenvalue weighted by molar-refractivity contribution is 7.91. The van der Waals surface area contributed by atoms with Crippen molar-refractivity contribution in [2.24, 2.45) is 5.84 Å². The van der Waals surface area contributed by atoms with Crippen molar-refractivity contribution in [3.8, 4) is 0 Å². The van der Waals surface area contributed by atoms with Crippen molar-refractivity contribution in [1.29, 1.82) is 0 Å². The van der Waals surface area contributed by atoms with Gasteiger partial charge in [0, 0.05) is 11.6 Å². The third-order valence-corrected chi connectivity index (χ3v) is 5.01. The summed E-state index contributed by atoms with van der Waals surface area (Å²) in [6.45, 7) is 3.56. The Balaban J connectivity index is 2.50. The summed E-state index contributed by atoms with van der Waals surface area (Å²) in [5, 5.41) is 0.273. The quantitative estimate of drug-likeness (QED) is 0.658. The number of hydrogen-bond acceptors (Lipinski definition) is 5. The van der Waals surface area contributed by atoms with E-state index in [4.69, 9.17) is 10.3 Å². The number of hydrogen-bond donors (Lipinski definition) is 2. The fraction of sp³-hybridized carbons (Fsp3) is 0.385. The molecule has 0 amide bonds. The van der Waals surface area contributed by atoms with E-state index >= 15 is 0 Å². The van der Waals surface area contributed by atoms with Gasteiger partial charge in [-0.15, -0.1) is 0 Å². The lowest BCUT2D eigenvalue weighted by Gasteiger charge is -2.19. The van der Waals surface area contributed by atoms with Gasteiger partial charge in [-0.25, -0.2) is 13.8 Å².